The summed E-state index contributed by atoms with van der Waals surface area (Å²) >= 11 is 0. The Kier molecular flexibility index (Phi) is 7.41. The molecule has 2 amide bonds. The van der Waals surface area contributed by atoms with Crippen LogP contribution in [0.15, 0.2) is 24.3 Å². The highest BCUT2D eigenvalue weighted by molar-refractivity contribution is 5.90. The zero-order valence-corrected chi connectivity index (χ0v) is 13.7. The lowest BCUT2D eigenvalue weighted by Gasteiger charge is -2.10. The summed E-state index contributed by atoms with van der Waals surface area (Å²) in [6.45, 7) is -0.689. The number of hydrogen-bond donors (Lipinski definition) is 1. The number of nitrogens with one attached hydrogen (secondary N) is 1. The number of methoxy groups -OCH3 is 1. The van der Waals surface area contributed by atoms with Gasteiger partial charge in [0.05, 0.1) is 13.7 Å². The normalized spacial score (nSPS) is 10.3. The number of rotatable bonds is 7. The van der Waals surface area contributed by atoms with Crippen molar-refractivity contribution in [1.82, 2.24) is 10.2 Å². The van der Waals surface area contributed by atoms with Crippen LogP contribution < -0.4 is 10.1 Å². The molecule has 7 nitrogen and oxygen atoms in total. The molecule has 1 aromatic carbocycles. The van der Waals surface area contributed by atoms with Gasteiger partial charge in [-0.25, -0.2) is 9.18 Å². The Morgan fingerprint density at radius 2 is 2.00 bits per heavy atom. The van der Waals surface area contributed by atoms with Gasteiger partial charge in [0, 0.05) is 20.2 Å². The summed E-state index contributed by atoms with van der Waals surface area (Å²) in [4.78, 5) is 35.5. The third-order valence-corrected chi connectivity index (χ3v) is 2.87. The predicted molar refractivity (Wildman–Crippen MR) is 84.6 cm³/mol. The molecule has 0 heterocycles. The zero-order chi connectivity index (χ0) is 18.1. The summed E-state index contributed by atoms with van der Waals surface area (Å²) in [6, 6.07) is 4.18. The Bertz CT molecular complexity index is 643. The molecule has 0 fully saturated rings. The van der Waals surface area contributed by atoms with Crippen LogP contribution in [0, 0.1) is 5.82 Å². The topological polar surface area (TPSA) is 84.9 Å². The van der Waals surface area contributed by atoms with Gasteiger partial charge in [-0.3, -0.25) is 9.59 Å². The number of amides is 2. The van der Waals surface area contributed by atoms with Crippen LogP contribution in [-0.4, -0.2) is 57.0 Å². The second kappa shape index (κ2) is 9.29. The second-order valence-corrected chi connectivity index (χ2v) is 4.90. The maximum absolute atomic E-state index is 13.5. The van der Waals surface area contributed by atoms with E-state index in [0.717, 1.165) is 6.08 Å². The summed E-state index contributed by atoms with van der Waals surface area (Å²) in [6.07, 6.45) is 2.41. The molecule has 0 spiro atoms. The lowest BCUT2D eigenvalue weighted by Crippen LogP contribution is -2.38. The fourth-order valence-electron chi connectivity index (χ4n) is 1.52. The lowest BCUT2D eigenvalue weighted by molar-refractivity contribution is -0.144. The maximum atomic E-state index is 13.5. The van der Waals surface area contributed by atoms with E-state index < -0.39 is 24.3 Å². The van der Waals surface area contributed by atoms with E-state index in [1.54, 1.807) is 20.2 Å². The summed E-state index contributed by atoms with van der Waals surface area (Å²) in [5.74, 6) is -2.10. The van der Waals surface area contributed by atoms with Gasteiger partial charge in [0.1, 0.15) is 0 Å². The van der Waals surface area contributed by atoms with Gasteiger partial charge in [0.25, 0.3) is 5.91 Å². The van der Waals surface area contributed by atoms with Crippen LogP contribution in [0.1, 0.15) is 5.56 Å². The van der Waals surface area contributed by atoms with E-state index >= 15 is 0 Å². The van der Waals surface area contributed by atoms with Crippen LogP contribution in [0.2, 0.25) is 0 Å². The van der Waals surface area contributed by atoms with E-state index in [4.69, 9.17) is 9.47 Å². The fourth-order valence-corrected chi connectivity index (χ4v) is 1.52. The van der Waals surface area contributed by atoms with Gasteiger partial charge in [0.2, 0.25) is 5.91 Å². The smallest absolute Gasteiger partial charge is 0.331 e. The average molecular weight is 338 g/mol. The highest BCUT2D eigenvalue weighted by atomic mass is 19.1. The Morgan fingerprint density at radius 1 is 1.29 bits per heavy atom. The minimum atomic E-state index is -0.764. The van der Waals surface area contributed by atoms with E-state index in [9.17, 15) is 18.8 Å². The molecule has 1 N–H and O–H groups in total. The van der Waals surface area contributed by atoms with Crippen molar-refractivity contribution in [2.24, 2.45) is 0 Å². The molecule has 130 valence electrons. The van der Waals surface area contributed by atoms with Crippen molar-refractivity contribution in [3.63, 3.8) is 0 Å². The Labute approximate surface area is 139 Å². The summed E-state index contributed by atoms with van der Waals surface area (Å²) in [5, 5.41) is 2.32. The molecule has 1 aromatic rings. The lowest BCUT2D eigenvalue weighted by atomic mass is 10.2. The number of ether oxygens (including phenoxy) is 2. The molecule has 0 radical (unpaired) electrons. The maximum Gasteiger partial charge on any atom is 0.331 e. The van der Waals surface area contributed by atoms with Crippen LogP contribution >= 0.6 is 0 Å². The predicted octanol–water partition coefficient (Wildman–Crippen LogP) is 0.595. The number of carbonyl (C=O) groups excluding carboxylic acids is 3. The first-order valence-electron chi connectivity index (χ1n) is 6.98. The van der Waals surface area contributed by atoms with Crippen molar-refractivity contribution >= 4 is 23.9 Å². The summed E-state index contributed by atoms with van der Waals surface area (Å²) in [5.41, 5.74) is 0.436. The molecule has 0 bridgehead atoms. The number of likely N-dealkylation sites (N-methyl/N-ethyl adjacent to an activating group) is 1. The summed E-state index contributed by atoms with van der Waals surface area (Å²) in [7, 11) is 4.46. The first kappa shape index (κ1) is 19.1. The van der Waals surface area contributed by atoms with E-state index in [1.807, 2.05) is 0 Å². The van der Waals surface area contributed by atoms with Crippen LogP contribution in [0.25, 0.3) is 6.08 Å². The molecule has 8 heteroatoms. The van der Waals surface area contributed by atoms with Crippen molar-refractivity contribution < 1.29 is 28.2 Å². The van der Waals surface area contributed by atoms with Gasteiger partial charge in [-0.2, -0.15) is 0 Å². The molecule has 0 aromatic heterocycles. The number of carbonyl (C=O) groups is 3. The number of halogens is 1. The molecular weight excluding hydrogens is 319 g/mol. The molecule has 0 saturated heterocycles. The third kappa shape index (κ3) is 6.47. The van der Waals surface area contributed by atoms with E-state index in [-0.39, 0.29) is 18.2 Å². The molecular formula is C16H19FN2O5. The molecule has 1 rings (SSSR count). The third-order valence-electron chi connectivity index (χ3n) is 2.87. The standard InChI is InChI=1S/C16H19FN2O5/c1-19(2)15(21)9-18-14(20)10-24-16(22)7-5-11-4-6-13(23-3)12(17)8-11/h4-8H,9-10H2,1-3H3,(H,18,20)/b7-5+. The van der Waals surface area contributed by atoms with E-state index in [2.05, 4.69) is 5.32 Å². The Morgan fingerprint density at radius 3 is 2.58 bits per heavy atom. The van der Waals surface area contributed by atoms with Crippen molar-refractivity contribution in [2.45, 2.75) is 0 Å². The van der Waals surface area contributed by atoms with E-state index in [1.165, 1.54) is 30.2 Å². The zero-order valence-electron chi connectivity index (χ0n) is 13.7. The highest BCUT2D eigenvalue weighted by Gasteiger charge is 2.09. The SMILES string of the molecule is COc1ccc(/C=C/C(=O)OCC(=O)NCC(=O)N(C)C)cc1F. The average Bonchev–Trinajstić information content (AvgIpc) is 2.55. The number of benzene rings is 1. The molecule has 0 aliphatic heterocycles. The van der Waals surface area contributed by atoms with Gasteiger partial charge in [0.15, 0.2) is 18.2 Å². The van der Waals surface area contributed by atoms with Gasteiger partial charge in [-0.05, 0) is 23.8 Å². The number of hydrogen-bond acceptors (Lipinski definition) is 5. The molecule has 0 saturated carbocycles. The largest absolute Gasteiger partial charge is 0.494 e. The van der Waals surface area contributed by atoms with Crippen molar-refractivity contribution in [3.05, 3.63) is 35.7 Å². The Balaban J connectivity index is 2.42. The highest BCUT2D eigenvalue weighted by Crippen LogP contribution is 2.18. The van der Waals surface area contributed by atoms with Gasteiger partial charge in [-0.15, -0.1) is 0 Å². The minimum Gasteiger partial charge on any atom is -0.494 e. The quantitative estimate of drug-likeness (QED) is 0.581. The van der Waals surface area contributed by atoms with E-state index in [0.29, 0.717) is 5.56 Å². The second-order valence-electron chi connectivity index (χ2n) is 4.90. The van der Waals surface area contributed by atoms with Crippen LogP contribution in [0.5, 0.6) is 5.75 Å². The fraction of sp³-hybridized carbons (Fsp3) is 0.312. The monoisotopic (exact) mass is 338 g/mol. The van der Waals surface area contributed by atoms with Crippen molar-refractivity contribution in [3.8, 4) is 5.75 Å². The molecule has 24 heavy (non-hydrogen) atoms. The van der Waals surface area contributed by atoms with Gasteiger partial charge < -0.3 is 19.7 Å². The molecule has 0 aliphatic carbocycles. The van der Waals surface area contributed by atoms with Crippen molar-refractivity contribution in [1.29, 1.82) is 0 Å². The number of esters is 1. The first-order chi connectivity index (χ1) is 11.3. The van der Waals surface area contributed by atoms with Gasteiger partial charge in [-0.1, -0.05) is 6.07 Å². The van der Waals surface area contributed by atoms with Crippen LogP contribution in [0.3, 0.4) is 0 Å². The molecule has 0 unspecified atom stereocenters. The molecule has 0 aliphatic rings. The van der Waals surface area contributed by atoms with Crippen LogP contribution in [0.4, 0.5) is 4.39 Å². The first-order valence-corrected chi connectivity index (χ1v) is 6.98. The summed E-state index contributed by atoms with van der Waals surface area (Å²) < 4.78 is 23.0. The van der Waals surface area contributed by atoms with Gasteiger partial charge >= 0.3 is 5.97 Å². The molecule has 0 atom stereocenters. The van der Waals surface area contributed by atoms with Crippen molar-refractivity contribution in [2.75, 3.05) is 34.4 Å². The van der Waals surface area contributed by atoms with Crippen LogP contribution in [-0.2, 0) is 19.1 Å². The number of nitrogens with zero attached hydrogens (tertiary/aromatic N) is 1. The minimum absolute atomic E-state index is 0.0960. The Hall–Kier alpha value is -2.90.